The van der Waals surface area contributed by atoms with Gasteiger partial charge in [0.15, 0.2) is 0 Å². The number of benzene rings is 1. The normalized spacial score (nSPS) is 7.88. The van der Waals surface area contributed by atoms with E-state index in [0.29, 0.717) is 0 Å². The average Bonchev–Trinajstić information content (AvgIpc) is 2.38. The van der Waals surface area contributed by atoms with Gasteiger partial charge in [-0.3, -0.25) is 0 Å². The van der Waals surface area contributed by atoms with Crippen LogP contribution in [0.25, 0.3) is 0 Å². The summed E-state index contributed by atoms with van der Waals surface area (Å²) in [6.07, 6.45) is 1.31. The molecular weight excluding hydrogens is 204 g/mol. The van der Waals surface area contributed by atoms with Gasteiger partial charge in [-0.05, 0) is 30.9 Å². The van der Waals surface area contributed by atoms with E-state index in [2.05, 4.69) is 58.9 Å². The van der Waals surface area contributed by atoms with Gasteiger partial charge in [-0.15, -0.1) is 0 Å². The molecule has 0 aliphatic carbocycles. The van der Waals surface area contributed by atoms with Crippen LogP contribution in [-0.2, 0) is 0 Å². The number of hydrogen-bond donors (Lipinski definition) is 0. The Morgan fingerprint density at radius 2 is 1.06 bits per heavy atom. The molecule has 0 nitrogen and oxygen atoms in total. The molecule has 0 heterocycles. The molecule has 1 aromatic rings. The van der Waals surface area contributed by atoms with E-state index in [-0.39, 0.29) is 0 Å². The van der Waals surface area contributed by atoms with Crippen molar-refractivity contribution in [1.29, 1.82) is 0 Å². The fourth-order valence-corrected chi connectivity index (χ4v) is 0.663. The minimum absolute atomic E-state index is 0.884. The van der Waals surface area contributed by atoms with Crippen molar-refractivity contribution in [3.63, 3.8) is 0 Å². The van der Waals surface area contributed by atoms with Crippen LogP contribution in [0.15, 0.2) is 24.3 Å². The molecule has 1 rings (SSSR count). The van der Waals surface area contributed by atoms with Gasteiger partial charge in [0.25, 0.3) is 0 Å². The number of rotatable bonds is 1. The Morgan fingerprint density at radius 3 is 1.18 bits per heavy atom. The quantitative estimate of drug-likeness (QED) is 0.530. The van der Waals surface area contributed by atoms with Crippen LogP contribution < -0.4 is 0 Å². The highest BCUT2D eigenvalue weighted by Gasteiger charge is 1.83. The summed E-state index contributed by atoms with van der Waals surface area (Å²) in [7, 11) is 0. The Labute approximate surface area is 110 Å². The molecule has 0 unspecified atom stereocenters. The maximum atomic E-state index is 2.22. The zero-order valence-corrected chi connectivity index (χ0v) is 13.6. The first-order valence-electron chi connectivity index (χ1n) is 7.10. The average molecular weight is 238 g/mol. The van der Waals surface area contributed by atoms with E-state index < -0.39 is 0 Å². The Kier molecular flexibility index (Phi) is 22.3. The summed E-state index contributed by atoms with van der Waals surface area (Å²) >= 11 is 0. The number of hydrogen-bond acceptors (Lipinski definition) is 0. The van der Waals surface area contributed by atoms with E-state index in [1.807, 2.05) is 27.7 Å². The predicted molar refractivity (Wildman–Crippen MR) is 83.7 cm³/mol. The standard InChI is InChI=1S/C8H10.C5H12.2C2H6/c1-7-5-3-4-6-8(7)2;1-4-5(2)3;2*1-2/h3-6H,1-2H3;5H,4H2,1-3H3;2*1-2H3. The monoisotopic (exact) mass is 238 g/mol. The molecule has 1 aromatic carbocycles. The van der Waals surface area contributed by atoms with Gasteiger partial charge in [-0.25, -0.2) is 0 Å². The van der Waals surface area contributed by atoms with Crippen molar-refractivity contribution in [2.75, 3.05) is 0 Å². The minimum Gasteiger partial charge on any atom is -0.0683 e. The largest absolute Gasteiger partial charge is 0.0683 e. The molecule has 0 N–H and O–H groups in total. The Balaban J connectivity index is -0.000000190. The lowest BCUT2D eigenvalue weighted by Gasteiger charge is -1.93. The third-order valence-corrected chi connectivity index (χ3v) is 2.24. The Morgan fingerprint density at radius 1 is 0.824 bits per heavy atom. The molecule has 0 atom stereocenters. The minimum atomic E-state index is 0.884. The van der Waals surface area contributed by atoms with Gasteiger partial charge in [-0.2, -0.15) is 0 Å². The van der Waals surface area contributed by atoms with Crippen LogP contribution in [0.2, 0.25) is 0 Å². The fraction of sp³-hybridized carbons (Fsp3) is 0.647. The highest BCUT2D eigenvalue weighted by molar-refractivity contribution is 5.23. The van der Waals surface area contributed by atoms with E-state index in [4.69, 9.17) is 0 Å². The van der Waals surface area contributed by atoms with Crippen LogP contribution in [0.1, 0.15) is 66.0 Å². The van der Waals surface area contributed by atoms with Crippen molar-refractivity contribution >= 4 is 0 Å². The van der Waals surface area contributed by atoms with Gasteiger partial charge in [0.2, 0.25) is 0 Å². The van der Waals surface area contributed by atoms with Crippen LogP contribution >= 0.6 is 0 Å². The van der Waals surface area contributed by atoms with E-state index in [0.717, 1.165) is 5.92 Å². The molecule has 17 heavy (non-hydrogen) atoms. The van der Waals surface area contributed by atoms with Crippen LogP contribution in [-0.4, -0.2) is 0 Å². The van der Waals surface area contributed by atoms with Gasteiger partial charge < -0.3 is 0 Å². The first-order chi connectivity index (χ1) is 8.07. The maximum absolute atomic E-state index is 2.22. The molecule has 0 radical (unpaired) electrons. The first-order valence-corrected chi connectivity index (χ1v) is 7.10. The lowest BCUT2D eigenvalue weighted by Crippen LogP contribution is -1.77. The van der Waals surface area contributed by atoms with Crippen molar-refractivity contribution in [1.82, 2.24) is 0 Å². The summed E-state index contributed by atoms with van der Waals surface area (Å²) in [5.41, 5.74) is 2.74. The molecule has 0 fully saturated rings. The topological polar surface area (TPSA) is 0 Å². The molecule has 0 aliphatic rings. The molecule has 0 saturated carbocycles. The van der Waals surface area contributed by atoms with E-state index >= 15 is 0 Å². The number of aryl methyl sites for hydroxylation is 2. The molecule has 0 aromatic heterocycles. The second-order valence-corrected chi connectivity index (χ2v) is 3.89. The fourth-order valence-electron chi connectivity index (χ4n) is 0.663. The van der Waals surface area contributed by atoms with Crippen molar-refractivity contribution in [2.45, 2.75) is 68.7 Å². The Bertz CT molecular complexity index is 202. The molecule has 0 spiro atoms. The molecule has 0 heteroatoms. The lowest BCUT2D eigenvalue weighted by atomic mass is 10.1. The summed E-state index contributed by atoms with van der Waals surface area (Å²) in [6.45, 7) is 18.9. The zero-order chi connectivity index (χ0) is 14.3. The third-order valence-electron chi connectivity index (χ3n) is 2.24. The van der Waals surface area contributed by atoms with E-state index in [1.165, 1.54) is 17.5 Å². The van der Waals surface area contributed by atoms with Gasteiger partial charge in [0.05, 0.1) is 0 Å². The molecule has 0 saturated heterocycles. The molecule has 0 aliphatic heterocycles. The van der Waals surface area contributed by atoms with Crippen molar-refractivity contribution in [3.8, 4) is 0 Å². The SMILES string of the molecule is CC.CC.CCC(C)C.Cc1ccccc1C. The lowest BCUT2D eigenvalue weighted by molar-refractivity contribution is 0.626. The molecule has 102 valence electrons. The van der Waals surface area contributed by atoms with Gasteiger partial charge in [0, 0.05) is 0 Å². The van der Waals surface area contributed by atoms with Crippen molar-refractivity contribution in [3.05, 3.63) is 35.4 Å². The Hall–Kier alpha value is -0.780. The summed E-state index contributed by atoms with van der Waals surface area (Å²) in [5, 5.41) is 0. The molecule has 0 bridgehead atoms. The van der Waals surface area contributed by atoms with E-state index in [9.17, 15) is 0 Å². The third kappa shape index (κ3) is 17.8. The second kappa shape index (κ2) is 17.6. The highest BCUT2D eigenvalue weighted by Crippen LogP contribution is 2.02. The summed E-state index contributed by atoms with van der Waals surface area (Å²) in [5.74, 6) is 0.884. The van der Waals surface area contributed by atoms with Crippen LogP contribution in [0.5, 0.6) is 0 Å². The molecular formula is C17H34. The van der Waals surface area contributed by atoms with Gasteiger partial charge >= 0.3 is 0 Å². The van der Waals surface area contributed by atoms with Crippen LogP contribution in [0, 0.1) is 19.8 Å². The first kappa shape index (κ1) is 21.5. The van der Waals surface area contributed by atoms with Gasteiger partial charge in [-0.1, -0.05) is 79.2 Å². The smallest absolute Gasteiger partial charge is 0.0395 e. The van der Waals surface area contributed by atoms with Crippen molar-refractivity contribution in [2.24, 2.45) is 5.92 Å². The summed E-state index contributed by atoms with van der Waals surface area (Å²) in [4.78, 5) is 0. The maximum Gasteiger partial charge on any atom is -0.0395 e. The van der Waals surface area contributed by atoms with Crippen molar-refractivity contribution < 1.29 is 0 Å². The van der Waals surface area contributed by atoms with E-state index in [1.54, 1.807) is 0 Å². The zero-order valence-electron chi connectivity index (χ0n) is 13.6. The van der Waals surface area contributed by atoms with Gasteiger partial charge in [0.1, 0.15) is 0 Å². The highest BCUT2D eigenvalue weighted by atomic mass is 13.9. The molecule has 0 amide bonds. The van der Waals surface area contributed by atoms with Crippen LogP contribution in [0.4, 0.5) is 0 Å². The summed E-state index contributed by atoms with van der Waals surface area (Å²) < 4.78 is 0. The van der Waals surface area contributed by atoms with Crippen LogP contribution in [0.3, 0.4) is 0 Å². The summed E-state index contributed by atoms with van der Waals surface area (Å²) in [6, 6.07) is 8.36. The predicted octanol–water partition coefficient (Wildman–Crippen LogP) is 6.41. The second-order valence-electron chi connectivity index (χ2n) is 3.89.